The molecule has 0 aliphatic heterocycles. The highest BCUT2D eigenvalue weighted by molar-refractivity contribution is 7.22. The first-order chi connectivity index (χ1) is 10.8. The molecule has 1 saturated carbocycles. The van der Waals surface area contributed by atoms with E-state index in [-0.39, 0.29) is 17.9 Å². The van der Waals surface area contributed by atoms with Crippen molar-refractivity contribution < 1.29 is 18.0 Å². The van der Waals surface area contributed by atoms with Crippen LogP contribution in [0.1, 0.15) is 31.2 Å². The number of amides is 1. The minimum atomic E-state index is -4.38. The number of aromatic nitrogens is 1. The van der Waals surface area contributed by atoms with Crippen LogP contribution in [0.2, 0.25) is 0 Å². The second kappa shape index (κ2) is 5.99. The molecule has 2 atom stereocenters. The molecule has 0 bridgehead atoms. The minimum Gasteiger partial charge on any atom is -0.369 e. The van der Waals surface area contributed by atoms with Gasteiger partial charge in [-0.05, 0) is 31.0 Å². The Kier molecular flexibility index (Phi) is 4.18. The van der Waals surface area contributed by atoms with Crippen molar-refractivity contribution in [3.63, 3.8) is 0 Å². The zero-order chi connectivity index (χ0) is 16.6. The van der Waals surface area contributed by atoms with Crippen LogP contribution in [0.25, 0.3) is 10.2 Å². The first-order valence-electron chi connectivity index (χ1n) is 7.38. The van der Waals surface area contributed by atoms with Gasteiger partial charge in [0.15, 0.2) is 5.13 Å². The number of hydrogen-bond donors (Lipinski definition) is 2. The lowest BCUT2D eigenvalue weighted by Crippen LogP contribution is -2.40. The molecule has 0 radical (unpaired) electrons. The molecule has 2 aromatic rings. The number of carbonyl (C=O) groups excluding carboxylic acids is 1. The fraction of sp³-hybridized carbons (Fsp3) is 0.467. The van der Waals surface area contributed by atoms with E-state index in [4.69, 9.17) is 5.73 Å². The molecule has 1 aromatic heterocycles. The van der Waals surface area contributed by atoms with Crippen molar-refractivity contribution >= 4 is 32.6 Å². The van der Waals surface area contributed by atoms with Gasteiger partial charge in [0.25, 0.3) is 0 Å². The van der Waals surface area contributed by atoms with E-state index >= 15 is 0 Å². The quantitative estimate of drug-likeness (QED) is 0.891. The standard InChI is InChI=1S/C15H16F3N3OS/c16-15(17,18)8-5-6-12-11(7-8)21-14(23-12)20-10-4-2-1-3-9(10)13(19)22/h5-7,9-10H,1-4H2,(H2,19,22)(H,20,21). The average molecular weight is 343 g/mol. The predicted molar refractivity (Wildman–Crippen MR) is 83.2 cm³/mol. The van der Waals surface area contributed by atoms with Crippen molar-refractivity contribution in [1.29, 1.82) is 0 Å². The van der Waals surface area contributed by atoms with Gasteiger partial charge in [-0.3, -0.25) is 4.79 Å². The Morgan fingerprint density at radius 3 is 2.74 bits per heavy atom. The summed E-state index contributed by atoms with van der Waals surface area (Å²) in [6, 6.07) is 3.41. The van der Waals surface area contributed by atoms with Crippen molar-refractivity contribution in [3.8, 4) is 0 Å². The van der Waals surface area contributed by atoms with Crippen LogP contribution >= 0.6 is 11.3 Å². The summed E-state index contributed by atoms with van der Waals surface area (Å²) in [5.41, 5.74) is 5.02. The third-order valence-corrected chi connectivity index (χ3v) is 5.12. The Hall–Kier alpha value is -1.83. The van der Waals surface area contributed by atoms with Gasteiger partial charge in [0.05, 0.1) is 21.7 Å². The predicted octanol–water partition coefficient (Wildman–Crippen LogP) is 3.77. The summed E-state index contributed by atoms with van der Waals surface area (Å²) in [6.07, 6.45) is -0.898. The molecule has 4 nitrogen and oxygen atoms in total. The maximum atomic E-state index is 12.7. The molecule has 1 fully saturated rings. The molecular weight excluding hydrogens is 327 g/mol. The van der Waals surface area contributed by atoms with E-state index in [9.17, 15) is 18.0 Å². The van der Waals surface area contributed by atoms with Crippen molar-refractivity contribution in [2.24, 2.45) is 11.7 Å². The van der Waals surface area contributed by atoms with Gasteiger partial charge in [-0.1, -0.05) is 24.2 Å². The number of benzene rings is 1. The third kappa shape index (κ3) is 3.41. The van der Waals surface area contributed by atoms with Gasteiger partial charge in [-0.15, -0.1) is 0 Å². The molecule has 1 aliphatic carbocycles. The van der Waals surface area contributed by atoms with Crippen molar-refractivity contribution in [2.75, 3.05) is 5.32 Å². The van der Waals surface area contributed by atoms with Gasteiger partial charge in [-0.25, -0.2) is 4.98 Å². The zero-order valence-electron chi connectivity index (χ0n) is 12.2. The molecule has 3 rings (SSSR count). The van der Waals surface area contributed by atoms with Crippen molar-refractivity contribution in [2.45, 2.75) is 37.9 Å². The number of primary amides is 1. The normalized spacial score (nSPS) is 22.2. The molecule has 124 valence electrons. The first-order valence-corrected chi connectivity index (χ1v) is 8.20. The molecule has 3 N–H and O–H groups in total. The lowest BCUT2D eigenvalue weighted by molar-refractivity contribution is -0.137. The number of thiazole rings is 1. The van der Waals surface area contributed by atoms with E-state index in [0.717, 1.165) is 37.8 Å². The maximum absolute atomic E-state index is 12.7. The molecule has 8 heteroatoms. The van der Waals surface area contributed by atoms with Crippen LogP contribution in [-0.4, -0.2) is 16.9 Å². The topological polar surface area (TPSA) is 68.0 Å². The Morgan fingerprint density at radius 2 is 2.04 bits per heavy atom. The van der Waals surface area contributed by atoms with Gasteiger partial charge in [0.2, 0.25) is 5.91 Å². The van der Waals surface area contributed by atoms with E-state index in [2.05, 4.69) is 10.3 Å². The number of alkyl halides is 3. The Labute approximate surface area is 134 Å². The number of fused-ring (bicyclic) bond motifs is 1. The molecule has 0 spiro atoms. The lowest BCUT2D eigenvalue weighted by atomic mass is 9.84. The molecule has 23 heavy (non-hydrogen) atoms. The van der Waals surface area contributed by atoms with Gasteiger partial charge >= 0.3 is 6.18 Å². The summed E-state index contributed by atoms with van der Waals surface area (Å²) >= 11 is 1.28. The Morgan fingerprint density at radius 1 is 1.30 bits per heavy atom. The molecule has 1 aliphatic rings. The van der Waals surface area contributed by atoms with Crippen LogP contribution in [0.5, 0.6) is 0 Å². The van der Waals surface area contributed by atoms with Gasteiger partial charge in [0.1, 0.15) is 0 Å². The first kappa shape index (κ1) is 16.0. The van der Waals surface area contributed by atoms with Crippen LogP contribution in [0.4, 0.5) is 18.3 Å². The molecule has 1 aromatic carbocycles. The molecule has 2 unspecified atom stereocenters. The highest BCUT2D eigenvalue weighted by Crippen LogP contribution is 2.35. The fourth-order valence-electron chi connectivity index (χ4n) is 2.97. The van der Waals surface area contributed by atoms with Crippen molar-refractivity contribution in [3.05, 3.63) is 23.8 Å². The van der Waals surface area contributed by atoms with Crippen LogP contribution in [0, 0.1) is 5.92 Å². The second-order valence-electron chi connectivity index (χ2n) is 5.74. The van der Waals surface area contributed by atoms with E-state index in [1.807, 2.05) is 0 Å². The van der Waals surface area contributed by atoms with Crippen LogP contribution < -0.4 is 11.1 Å². The number of nitrogens with two attached hydrogens (primary N) is 1. The summed E-state index contributed by atoms with van der Waals surface area (Å²) in [5.74, 6) is -0.607. The molecule has 1 amide bonds. The minimum absolute atomic E-state index is 0.108. The van der Waals surface area contributed by atoms with Gasteiger partial charge in [0, 0.05) is 6.04 Å². The number of carbonyl (C=O) groups is 1. The van der Waals surface area contributed by atoms with E-state index in [0.29, 0.717) is 15.3 Å². The number of nitrogens with one attached hydrogen (secondary N) is 1. The smallest absolute Gasteiger partial charge is 0.369 e. The second-order valence-corrected chi connectivity index (χ2v) is 6.77. The largest absolute Gasteiger partial charge is 0.416 e. The summed E-state index contributed by atoms with van der Waals surface area (Å²) < 4.78 is 38.9. The summed E-state index contributed by atoms with van der Waals surface area (Å²) in [7, 11) is 0. The fourth-order valence-corrected chi connectivity index (χ4v) is 3.88. The van der Waals surface area contributed by atoms with Crippen LogP contribution in [0.3, 0.4) is 0 Å². The molecule has 1 heterocycles. The highest BCUT2D eigenvalue weighted by atomic mass is 32.1. The maximum Gasteiger partial charge on any atom is 0.416 e. The highest BCUT2D eigenvalue weighted by Gasteiger charge is 2.32. The van der Waals surface area contributed by atoms with E-state index < -0.39 is 11.7 Å². The SMILES string of the molecule is NC(=O)C1CCCCC1Nc1nc2cc(C(F)(F)F)ccc2s1. The van der Waals surface area contributed by atoms with Crippen LogP contribution in [-0.2, 0) is 11.0 Å². The lowest BCUT2D eigenvalue weighted by Gasteiger charge is -2.29. The summed E-state index contributed by atoms with van der Waals surface area (Å²) in [5, 5.41) is 3.71. The summed E-state index contributed by atoms with van der Waals surface area (Å²) in [4.78, 5) is 15.8. The van der Waals surface area contributed by atoms with Gasteiger partial charge in [-0.2, -0.15) is 13.2 Å². The number of halogens is 3. The monoisotopic (exact) mass is 343 g/mol. The number of anilines is 1. The Bertz CT molecular complexity index is 728. The number of nitrogens with zero attached hydrogens (tertiary/aromatic N) is 1. The van der Waals surface area contributed by atoms with Gasteiger partial charge < -0.3 is 11.1 Å². The molecular formula is C15H16F3N3OS. The van der Waals surface area contributed by atoms with Crippen molar-refractivity contribution in [1.82, 2.24) is 4.98 Å². The van der Waals surface area contributed by atoms with E-state index in [1.54, 1.807) is 0 Å². The average Bonchev–Trinajstić information content (AvgIpc) is 2.87. The molecule has 0 saturated heterocycles. The number of hydrogen-bond acceptors (Lipinski definition) is 4. The van der Waals surface area contributed by atoms with Crippen LogP contribution in [0.15, 0.2) is 18.2 Å². The Balaban J connectivity index is 1.84. The zero-order valence-corrected chi connectivity index (χ0v) is 13.0. The third-order valence-electron chi connectivity index (χ3n) is 4.16. The number of rotatable bonds is 3. The van der Waals surface area contributed by atoms with E-state index in [1.165, 1.54) is 17.4 Å². The summed E-state index contributed by atoms with van der Waals surface area (Å²) in [6.45, 7) is 0.